The molecule has 4 nitrogen and oxygen atoms in total. The molecule has 0 fully saturated rings. The topological polar surface area (TPSA) is 64.3 Å². The molecule has 1 aromatic rings. The third kappa shape index (κ3) is 4.07. The van der Waals surface area contributed by atoms with Crippen LogP contribution in [0.5, 0.6) is 5.75 Å². The SMILES string of the molecule is COc1cccc(CNCC(C)(C)C(N)=O)c1. The van der Waals surface area contributed by atoms with Gasteiger partial charge in [-0.3, -0.25) is 4.79 Å². The highest BCUT2D eigenvalue weighted by Gasteiger charge is 2.23. The van der Waals surface area contributed by atoms with Crippen molar-refractivity contribution in [2.24, 2.45) is 11.1 Å². The first kappa shape index (κ1) is 13.5. The Labute approximate surface area is 102 Å². The minimum Gasteiger partial charge on any atom is -0.497 e. The van der Waals surface area contributed by atoms with Gasteiger partial charge in [0.2, 0.25) is 5.91 Å². The molecule has 1 rings (SSSR count). The van der Waals surface area contributed by atoms with Gasteiger partial charge in [-0.1, -0.05) is 12.1 Å². The monoisotopic (exact) mass is 236 g/mol. The zero-order chi connectivity index (χ0) is 12.9. The third-order valence-corrected chi connectivity index (χ3v) is 2.70. The van der Waals surface area contributed by atoms with E-state index < -0.39 is 5.41 Å². The van der Waals surface area contributed by atoms with Crippen molar-refractivity contribution in [2.75, 3.05) is 13.7 Å². The fraction of sp³-hybridized carbons (Fsp3) is 0.462. The summed E-state index contributed by atoms with van der Waals surface area (Å²) in [6.07, 6.45) is 0. The number of carbonyl (C=O) groups is 1. The first-order chi connectivity index (χ1) is 7.95. The van der Waals surface area contributed by atoms with E-state index in [0.29, 0.717) is 13.1 Å². The number of amides is 1. The number of hydrogen-bond donors (Lipinski definition) is 2. The van der Waals surface area contributed by atoms with E-state index >= 15 is 0 Å². The predicted molar refractivity (Wildman–Crippen MR) is 67.7 cm³/mol. The molecule has 0 saturated carbocycles. The molecule has 1 amide bonds. The molecule has 0 aliphatic heterocycles. The Morgan fingerprint density at radius 2 is 2.18 bits per heavy atom. The van der Waals surface area contributed by atoms with Gasteiger partial charge in [0.25, 0.3) is 0 Å². The van der Waals surface area contributed by atoms with Crippen LogP contribution in [0.1, 0.15) is 19.4 Å². The lowest BCUT2D eigenvalue weighted by molar-refractivity contribution is -0.125. The van der Waals surface area contributed by atoms with Crippen LogP contribution in [0.25, 0.3) is 0 Å². The molecular formula is C13H20N2O2. The number of benzene rings is 1. The molecule has 0 radical (unpaired) electrons. The Morgan fingerprint density at radius 1 is 1.47 bits per heavy atom. The zero-order valence-corrected chi connectivity index (χ0v) is 10.6. The number of hydrogen-bond acceptors (Lipinski definition) is 3. The largest absolute Gasteiger partial charge is 0.497 e. The standard InChI is InChI=1S/C13H20N2O2/c1-13(2,12(14)16)9-15-8-10-5-4-6-11(7-10)17-3/h4-7,15H,8-9H2,1-3H3,(H2,14,16). The van der Waals surface area contributed by atoms with Gasteiger partial charge in [-0.15, -0.1) is 0 Å². The molecule has 0 saturated heterocycles. The normalized spacial score (nSPS) is 11.2. The van der Waals surface area contributed by atoms with Crippen LogP contribution < -0.4 is 15.8 Å². The van der Waals surface area contributed by atoms with E-state index in [1.165, 1.54) is 0 Å². The summed E-state index contributed by atoms with van der Waals surface area (Å²) in [5.41, 5.74) is 5.88. The van der Waals surface area contributed by atoms with E-state index in [0.717, 1.165) is 11.3 Å². The fourth-order valence-electron chi connectivity index (χ4n) is 1.39. The maximum Gasteiger partial charge on any atom is 0.224 e. The maximum atomic E-state index is 11.1. The highest BCUT2D eigenvalue weighted by molar-refractivity contribution is 5.80. The summed E-state index contributed by atoms with van der Waals surface area (Å²) in [6.45, 7) is 4.90. The second-order valence-corrected chi connectivity index (χ2v) is 4.70. The highest BCUT2D eigenvalue weighted by Crippen LogP contribution is 2.14. The molecule has 4 heteroatoms. The quantitative estimate of drug-likeness (QED) is 0.782. The van der Waals surface area contributed by atoms with Gasteiger partial charge in [-0.05, 0) is 31.5 Å². The number of rotatable bonds is 6. The number of nitrogens with two attached hydrogens (primary N) is 1. The third-order valence-electron chi connectivity index (χ3n) is 2.70. The zero-order valence-electron chi connectivity index (χ0n) is 10.6. The molecule has 0 heterocycles. The van der Waals surface area contributed by atoms with Crippen molar-refractivity contribution in [1.29, 1.82) is 0 Å². The lowest BCUT2D eigenvalue weighted by Gasteiger charge is -2.20. The van der Waals surface area contributed by atoms with E-state index in [2.05, 4.69) is 5.32 Å². The average Bonchev–Trinajstić information content (AvgIpc) is 2.29. The molecule has 0 spiro atoms. The minimum absolute atomic E-state index is 0.296. The van der Waals surface area contributed by atoms with E-state index in [1.54, 1.807) is 7.11 Å². The fourth-order valence-corrected chi connectivity index (χ4v) is 1.39. The summed E-state index contributed by atoms with van der Waals surface area (Å²) >= 11 is 0. The van der Waals surface area contributed by atoms with Gasteiger partial charge in [-0.2, -0.15) is 0 Å². The van der Waals surface area contributed by atoms with Gasteiger partial charge in [0.05, 0.1) is 12.5 Å². The second kappa shape index (κ2) is 5.68. The van der Waals surface area contributed by atoms with E-state index in [9.17, 15) is 4.79 Å². The molecule has 1 aromatic carbocycles. The average molecular weight is 236 g/mol. The number of methoxy groups -OCH3 is 1. The molecule has 0 aliphatic rings. The van der Waals surface area contributed by atoms with Crippen molar-refractivity contribution in [3.63, 3.8) is 0 Å². The number of carbonyl (C=O) groups excluding carboxylic acids is 1. The van der Waals surface area contributed by atoms with E-state index in [-0.39, 0.29) is 5.91 Å². The van der Waals surface area contributed by atoms with Gasteiger partial charge < -0.3 is 15.8 Å². The first-order valence-corrected chi connectivity index (χ1v) is 5.59. The Morgan fingerprint density at radius 3 is 2.76 bits per heavy atom. The maximum absolute atomic E-state index is 11.1. The molecule has 17 heavy (non-hydrogen) atoms. The van der Waals surface area contributed by atoms with Crippen molar-refractivity contribution < 1.29 is 9.53 Å². The Balaban J connectivity index is 2.48. The molecule has 0 aliphatic carbocycles. The van der Waals surface area contributed by atoms with Crippen molar-refractivity contribution >= 4 is 5.91 Å². The lowest BCUT2D eigenvalue weighted by atomic mass is 9.93. The second-order valence-electron chi connectivity index (χ2n) is 4.70. The smallest absolute Gasteiger partial charge is 0.224 e. The first-order valence-electron chi connectivity index (χ1n) is 5.59. The van der Waals surface area contributed by atoms with Gasteiger partial charge in [0.1, 0.15) is 5.75 Å². The number of ether oxygens (including phenoxy) is 1. The van der Waals surface area contributed by atoms with Crippen LogP contribution >= 0.6 is 0 Å². The predicted octanol–water partition coefficient (Wildman–Crippen LogP) is 1.30. The Bertz CT molecular complexity index is 389. The van der Waals surface area contributed by atoms with Crippen molar-refractivity contribution in [3.05, 3.63) is 29.8 Å². The summed E-state index contributed by atoms with van der Waals surface area (Å²) in [5, 5.41) is 3.22. The highest BCUT2D eigenvalue weighted by atomic mass is 16.5. The van der Waals surface area contributed by atoms with Crippen LogP contribution in [-0.4, -0.2) is 19.6 Å². The van der Waals surface area contributed by atoms with Gasteiger partial charge >= 0.3 is 0 Å². The summed E-state index contributed by atoms with van der Waals surface area (Å²) < 4.78 is 5.14. The Hall–Kier alpha value is -1.55. The molecule has 0 bridgehead atoms. The van der Waals surface area contributed by atoms with Crippen molar-refractivity contribution in [2.45, 2.75) is 20.4 Å². The minimum atomic E-state index is -0.529. The van der Waals surface area contributed by atoms with E-state index in [4.69, 9.17) is 10.5 Å². The molecule has 0 atom stereocenters. The van der Waals surface area contributed by atoms with Gasteiger partial charge in [0, 0.05) is 13.1 Å². The van der Waals surface area contributed by atoms with Crippen LogP contribution in [0.3, 0.4) is 0 Å². The number of nitrogens with one attached hydrogen (secondary N) is 1. The molecule has 94 valence electrons. The van der Waals surface area contributed by atoms with Crippen molar-refractivity contribution in [1.82, 2.24) is 5.32 Å². The molecule has 0 aromatic heterocycles. The van der Waals surface area contributed by atoms with Crippen LogP contribution in [0.15, 0.2) is 24.3 Å². The lowest BCUT2D eigenvalue weighted by Crippen LogP contribution is -2.40. The van der Waals surface area contributed by atoms with E-state index in [1.807, 2.05) is 38.1 Å². The van der Waals surface area contributed by atoms with Crippen LogP contribution in [0.2, 0.25) is 0 Å². The summed E-state index contributed by atoms with van der Waals surface area (Å²) in [5.74, 6) is 0.536. The summed E-state index contributed by atoms with van der Waals surface area (Å²) in [7, 11) is 1.64. The van der Waals surface area contributed by atoms with Gasteiger partial charge in [0.15, 0.2) is 0 Å². The van der Waals surface area contributed by atoms with Crippen LogP contribution in [0.4, 0.5) is 0 Å². The van der Waals surface area contributed by atoms with Crippen LogP contribution in [-0.2, 0) is 11.3 Å². The van der Waals surface area contributed by atoms with Gasteiger partial charge in [-0.25, -0.2) is 0 Å². The molecule has 3 N–H and O–H groups in total. The summed E-state index contributed by atoms with van der Waals surface area (Å²) in [4.78, 5) is 11.1. The molecular weight excluding hydrogens is 216 g/mol. The Kier molecular flexibility index (Phi) is 4.52. The van der Waals surface area contributed by atoms with Crippen LogP contribution in [0, 0.1) is 5.41 Å². The molecule has 0 unspecified atom stereocenters. The summed E-state index contributed by atoms with van der Waals surface area (Å²) in [6, 6.07) is 7.81. The van der Waals surface area contributed by atoms with Crippen molar-refractivity contribution in [3.8, 4) is 5.75 Å². The number of primary amides is 1.